The molecule has 0 radical (unpaired) electrons. The van der Waals surface area contributed by atoms with Gasteiger partial charge in [0.25, 0.3) is 5.56 Å². The van der Waals surface area contributed by atoms with Crippen LogP contribution in [0.4, 0.5) is 0 Å². The first-order chi connectivity index (χ1) is 11.6. The summed E-state index contributed by atoms with van der Waals surface area (Å²) in [6.07, 6.45) is 1.33. The first-order valence-corrected chi connectivity index (χ1v) is 7.62. The predicted molar refractivity (Wildman–Crippen MR) is 86.5 cm³/mol. The van der Waals surface area contributed by atoms with Crippen molar-refractivity contribution in [2.24, 2.45) is 0 Å². The molecule has 0 N–H and O–H groups in total. The Bertz CT molecular complexity index is 916. The van der Waals surface area contributed by atoms with Gasteiger partial charge in [-0.1, -0.05) is 35.5 Å². The molecule has 3 rings (SSSR count). The van der Waals surface area contributed by atoms with E-state index >= 15 is 0 Å². The van der Waals surface area contributed by atoms with Gasteiger partial charge in [-0.3, -0.25) is 9.36 Å². The summed E-state index contributed by atoms with van der Waals surface area (Å²) in [4.78, 5) is 28.6. The summed E-state index contributed by atoms with van der Waals surface area (Å²) in [5, 5.41) is 7.94. The zero-order valence-corrected chi connectivity index (χ0v) is 13.4. The van der Waals surface area contributed by atoms with Crippen molar-refractivity contribution < 1.29 is 9.53 Å². The summed E-state index contributed by atoms with van der Waals surface area (Å²) < 4.78 is 7.71. The molecule has 0 saturated carbocycles. The number of ether oxygens (including phenoxy) is 1. The van der Waals surface area contributed by atoms with E-state index in [1.807, 2.05) is 30.3 Å². The molecule has 8 heteroatoms. The number of fused-ring (bicyclic) bond motifs is 1. The van der Waals surface area contributed by atoms with Gasteiger partial charge in [0, 0.05) is 0 Å². The smallest absolute Gasteiger partial charge is 0.328 e. The summed E-state index contributed by atoms with van der Waals surface area (Å²) >= 11 is 0. The number of rotatable bonds is 5. The molecule has 2 aromatic heterocycles. The number of carbonyl (C=O) groups is 1. The molecule has 124 valence electrons. The van der Waals surface area contributed by atoms with Crippen molar-refractivity contribution in [1.82, 2.24) is 24.5 Å². The second kappa shape index (κ2) is 6.61. The SMILES string of the molecule is CCOC(=O)[C@H](C)n1cnc2c(nnn2Cc2ccccc2)c1=O. The quantitative estimate of drug-likeness (QED) is 0.653. The Hall–Kier alpha value is -3.03. The van der Waals surface area contributed by atoms with Crippen molar-refractivity contribution in [2.45, 2.75) is 26.4 Å². The lowest BCUT2D eigenvalue weighted by molar-refractivity contribution is -0.146. The molecule has 3 aromatic rings. The average molecular weight is 327 g/mol. The van der Waals surface area contributed by atoms with E-state index in [2.05, 4.69) is 15.3 Å². The molecule has 24 heavy (non-hydrogen) atoms. The van der Waals surface area contributed by atoms with Crippen molar-refractivity contribution in [3.8, 4) is 0 Å². The molecule has 2 heterocycles. The molecule has 0 saturated heterocycles. The maximum atomic E-state index is 12.5. The maximum Gasteiger partial charge on any atom is 0.328 e. The van der Waals surface area contributed by atoms with E-state index in [9.17, 15) is 9.59 Å². The lowest BCUT2D eigenvalue weighted by Gasteiger charge is -2.12. The third-order valence-corrected chi connectivity index (χ3v) is 3.67. The van der Waals surface area contributed by atoms with Crippen LogP contribution >= 0.6 is 0 Å². The fourth-order valence-electron chi connectivity index (χ4n) is 2.38. The van der Waals surface area contributed by atoms with E-state index in [1.54, 1.807) is 18.5 Å². The van der Waals surface area contributed by atoms with Crippen molar-refractivity contribution >= 4 is 17.1 Å². The van der Waals surface area contributed by atoms with Crippen LogP contribution in [0.1, 0.15) is 25.5 Å². The zero-order chi connectivity index (χ0) is 17.1. The van der Waals surface area contributed by atoms with Crippen molar-refractivity contribution in [1.29, 1.82) is 0 Å². The summed E-state index contributed by atoms with van der Waals surface area (Å²) in [6.45, 7) is 4.01. The zero-order valence-electron chi connectivity index (χ0n) is 13.4. The number of benzene rings is 1. The minimum atomic E-state index is -0.770. The minimum Gasteiger partial charge on any atom is -0.464 e. The molecule has 1 aromatic carbocycles. The number of aromatic nitrogens is 5. The molecule has 8 nitrogen and oxygen atoms in total. The van der Waals surface area contributed by atoms with E-state index < -0.39 is 17.6 Å². The number of hydrogen-bond donors (Lipinski definition) is 0. The monoisotopic (exact) mass is 327 g/mol. The molecule has 0 fully saturated rings. The van der Waals surface area contributed by atoms with Gasteiger partial charge in [0.05, 0.1) is 13.2 Å². The van der Waals surface area contributed by atoms with E-state index in [1.165, 1.54) is 10.9 Å². The van der Waals surface area contributed by atoms with Crippen LogP contribution in [0, 0.1) is 0 Å². The Labute approximate surface area is 137 Å². The third-order valence-electron chi connectivity index (χ3n) is 3.67. The van der Waals surface area contributed by atoms with Crippen LogP contribution in [-0.4, -0.2) is 37.1 Å². The van der Waals surface area contributed by atoms with Crippen LogP contribution in [0.25, 0.3) is 11.2 Å². The summed E-state index contributed by atoms with van der Waals surface area (Å²) in [5.74, 6) is -0.488. The summed E-state index contributed by atoms with van der Waals surface area (Å²) in [5.41, 5.74) is 1.12. The molecule has 1 atom stereocenters. The Morgan fingerprint density at radius 3 is 2.75 bits per heavy atom. The molecule has 0 aliphatic carbocycles. The second-order valence-electron chi connectivity index (χ2n) is 5.29. The average Bonchev–Trinajstić information content (AvgIpc) is 3.00. The van der Waals surface area contributed by atoms with Gasteiger partial charge in [-0.25, -0.2) is 14.5 Å². The molecule has 0 amide bonds. The van der Waals surface area contributed by atoms with Gasteiger partial charge in [-0.05, 0) is 19.4 Å². The van der Waals surface area contributed by atoms with Gasteiger partial charge in [0.2, 0.25) is 0 Å². The topological polar surface area (TPSA) is 91.9 Å². The number of hydrogen-bond acceptors (Lipinski definition) is 6. The predicted octanol–water partition coefficient (Wildman–Crippen LogP) is 1.16. The lowest BCUT2D eigenvalue weighted by atomic mass is 10.2. The molecule has 0 unspecified atom stereocenters. The molecule has 0 aliphatic heterocycles. The van der Waals surface area contributed by atoms with Crippen LogP contribution in [0.2, 0.25) is 0 Å². The van der Waals surface area contributed by atoms with E-state index in [4.69, 9.17) is 4.74 Å². The van der Waals surface area contributed by atoms with Crippen LogP contribution in [0.15, 0.2) is 41.5 Å². The Kier molecular flexibility index (Phi) is 4.37. The van der Waals surface area contributed by atoms with E-state index in [-0.39, 0.29) is 12.1 Å². The highest BCUT2D eigenvalue weighted by Crippen LogP contribution is 2.10. The van der Waals surface area contributed by atoms with Crippen molar-refractivity contribution in [3.63, 3.8) is 0 Å². The van der Waals surface area contributed by atoms with Gasteiger partial charge < -0.3 is 4.74 Å². The van der Waals surface area contributed by atoms with Crippen molar-refractivity contribution in [3.05, 3.63) is 52.6 Å². The Morgan fingerprint density at radius 2 is 2.04 bits per heavy atom. The highest BCUT2D eigenvalue weighted by molar-refractivity contribution is 5.74. The van der Waals surface area contributed by atoms with Crippen LogP contribution in [0.5, 0.6) is 0 Å². The fraction of sp³-hybridized carbons (Fsp3) is 0.312. The summed E-state index contributed by atoms with van der Waals surface area (Å²) in [7, 11) is 0. The van der Waals surface area contributed by atoms with E-state index in [0.29, 0.717) is 12.2 Å². The minimum absolute atomic E-state index is 0.129. The molecule has 0 bridgehead atoms. The highest BCUT2D eigenvalue weighted by atomic mass is 16.5. The third kappa shape index (κ3) is 2.90. The first-order valence-electron chi connectivity index (χ1n) is 7.62. The van der Waals surface area contributed by atoms with Gasteiger partial charge >= 0.3 is 5.97 Å². The number of carbonyl (C=O) groups excluding carboxylic acids is 1. The van der Waals surface area contributed by atoms with Crippen LogP contribution in [-0.2, 0) is 16.1 Å². The highest BCUT2D eigenvalue weighted by Gasteiger charge is 2.20. The van der Waals surface area contributed by atoms with Crippen LogP contribution in [0.3, 0.4) is 0 Å². The largest absolute Gasteiger partial charge is 0.464 e. The molecule has 0 aliphatic rings. The van der Waals surface area contributed by atoms with Gasteiger partial charge in [-0.2, -0.15) is 0 Å². The van der Waals surface area contributed by atoms with Gasteiger partial charge in [0.15, 0.2) is 11.2 Å². The van der Waals surface area contributed by atoms with Crippen molar-refractivity contribution in [2.75, 3.05) is 6.61 Å². The number of nitrogens with zero attached hydrogens (tertiary/aromatic N) is 5. The first kappa shape index (κ1) is 15.9. The number of esters is 1. The summed E-state index contributed by atoms with van der Waals surface area (Å²) in [6, 6.07) is 8.92. The molecular formula is C16H17N5O3. The Morgan fingerprint density at radius 1 is 1.29 bits per heavy atom. The second-order valence-corrected chi connectivity index (χ2v) is 5.29. The van der Waals surface area contributed by atoms with E-state index in [0.717, 1.165) is 5.56 Å². The molecule has 0 spiro atoms. The standard InChI is InChI=1S/C16H17N5O3/c1-3-24-16(23)11(2)20-10-17-14-13(15(20)22)18-19-21(14)9-12-7-5-4-6-8-12/h4-8,10-11H,3,9H2,1-2H3/t11-/m0/s1. The maximum absolute atomic E-state index is 12.5. The normalized spacial score (nSPS) is 12.2. The fourth-order valence-corrected chi connectivity index (χ4v) is 2.38. The molecular weight excluding hydrogens is 310 g/mol. The lowest BCUT2D eigenvalue weighted by Crippen LogP contribution is -2.29. The van der Waals surface area contributed by atoms with Crippen LogP contribution < -0.4 is 5.56 Å². The van der Waals surface area contributed by atoms with Gasteiger partial charge in [0.1, 0.15) is 12.4 Å². The van der Waals surface area contributed by atoms with Gasteiger partial charge in [-0.15, -0.1) is 5.10 Å². The Balaban J connectivity index is 1.97.